The highest BCUT2D eigenvalue weighted by Gasteiger charge is 2.11. The van der Waals surface area contributed by atoms with Gasteiger partial charge in [0.25, 0.3) is 0 Å². The summed E-state index contributed by atoms with van der Waals surface area (Å²) in [5.41, 5.74) is 0.379. The first-order valence-corrected chi connectivity index (χ1v) is 6.11. The molecule has 0 saturated carbocycles. The zero-order valence-electron chi connectivity index (χ0n) is 9.63. The minimum atomic E-state index is 0.379. The molecule has 0 bridgehead atoms. The van der Waals surface area contributed by atoms with Crippen LogP contribution in [0.4, 0.5) is 0 Å². The number of hydrogen-bond acceptors (Lipinski definition) is 2. The van der Waals surface area contributed by atoms with Gasteiger partial charge in [0, 0.05) is 17.5 Å². The molecule has 2 heteroatoms. The quantitative estimate of drug-likeness (QED) is 0.805. The Bertz CT molecular complexity index is 246. The summed E-state index contributed by atoms with van der Waals surface area (Å²) in [5, 5.41) is 5.71. The van der Waals surface area contributed by atoms with E-state index in [1.54, 1.807) is 0 Å². The van der Waals surface area contributed by atoms with Gasteiger partial charge in [-0.1, -0.05) is 26.8 Å². The first-order chi connectivity index (χ1) is 6.47. The van der Waals surface area contributed by atoms with E-state index in [1.807, 2.05) is 11.3 Å². The van der Waals surface area contributed by atoms with Gasteiger partial charge >= 0.3 is 0 Å². The van der Waals surface area contributed by atoms with E-state index >= 15 is 0 Å². The van der Waals surface area contributed by atoms with Crippen LogP contribution in [-0.4, -0.2) is 12.6 Å². The van der Waals surface area contributed by atoms with Gasteiger partial charge in [-0.15, -0.1) is 11.3 Å². The smallest absolute Gasteiger partial charge is 0.00872 e. The lowest BCUT2D eigenvalue weighted by Gasteiger charge is -2.22. The fourth-order valence-electron chi connectivity index (χ4n) is 1.28. The summed E-state index contributed by atoms with van der Waals surface area (Å²) in [7, 11) is 0. The van der Waals surface area contributed by atoms with Crippen LogP contribution in [-0.2, 0) is 6.42 Å². The van der Waals surface area contributed by atoms with Crippen LogP contribution in [0.3, 0.4) is 0 Å². The Kier molecular flexibility index (Phi) is 4.14. The van der Waals surface area contributed by atoms with Crippen LogP contribution in [0.25, 0.3) is 0 Å². The standard InChI is InChI=1S/C12H21NS/c1-10(13-9-12(2,3)4)8-11-6-5-7-14-11/h5-7,10,13H,8-9H2,1-4H3. The van der Waals surface area contributed by atoms with Crippen molar-refractivity contribution < 1.29 is 0 Å². The van der Waals surface area contributed by atoms with Crippen LogP contribution in [0.5, 0.6) is 0 Å². The molecule has 1 aromatic heterocycles. The molecule has 1 aromatic rings. The molecule has 0 aliphatic heterocycles. The highest BCUT2D eigenvalue weighted by atomic mass is 32.1. The Balaban J connectivity index is 2.26. The van der Waals surface area contributed by atoms with Gasteiger partial charge in [-0.2, -0.15) is 0 Å². The van der Waals surface area contributed by atoms with E-state index in [0.717, 1.165) is 13.0 Å². The summed E-state index contributed by atoms with van der Waals surface area (Å²) in [6.45, 7) is 10.1. The largest absolute Gasteiger partial charge is 0.313 e. The number of hydrogen-bond donors (Lipinski definition) is 1. The molecular formula is C12H21NS. The lowest BCUT2D eigenvalue weighted by atomic mass is 9.96. The van der Waals surface area contributed by atoms with E-state index < -0.39 is 0 Å². The third-order valence-corrected chi connectivity index (χ3v) is 2.97. The summed E-state index contributed by atoms with van der Waals surface area (Å²) >= 11 is 1.84. The van der Waals surface area contributed by atoms with E-state index in [4.69, 9.17) is 0 Å². The van der Waals surface area contributed by atoms with Crippen molar-refractivity contribution in [2.24, 2.45) is 5.41 Å². The first-order valence-electron chi connectivity index (χ1n) is 5.23. The van der Waals surface area contributed by atoms with Gasteiger partial charge in [0.2, 0.25) is 0 Å². The lowest BCUT2D eigenvalue weighted by molar-refractivity contribution is 0.356. The molecule has 14 heavy (non-hydrogen) atoms. The summed E-state index contributed by atoms with van der Waals surface area (Å²) in [5.74, 6) is 0. The fourth-order valence-corrected chi connectivity index (χ4v) is 2.12. The van der Waals surface area contributed by atoms with Crippen molar-refractivity contribution in [3.8, 4) is 0 Å². The van der Waals surface area contributed by atoms with Gasteiger partial charge < -0.3 is 5.32 Å². The maximum atomic E-state index is 3.57. The van der Waals surface area contributed by atoms with Crippen molar-refractivity contribution in [1.29, 1.82) is 0 Å². The Morgan fingerprint density at radius 1 is 1.43 bits per heavy atom. The highest BCUT2D eigenvalue weighted by molar-refractivity contribution is 7.09. The first kappa shape index (κ1) is 11.7. The van der Waals surface area contributed by atoms with Gasteiger partial charge in [-0.3, -0.25) is 0 Å². The van der Waals surface area contributed by atoms with Crippen molar-refractivity contribution in [2.75, 3.05) is 6.54 Å². The SMILES string of the molecule is CC(Cc1cccs1)NCC(C)(C)C. The average Bonchev–Trinajstić information content (AvgIpc) is 2.52. The van der Waals surface area contributed by atoms with Gasteiger partial charge in [0.05, 0.1) is 0 Å². The van der Waals surface area contributed by atoms with Crippen molar-refractivity contribution in [2.45, 2.75) is 40.2 Å². The molecule has 1 rings (SSSR count). The van der Waals surface area contributed by atoms with E-state index in [0.29, 0.717) is 11.5 Å². The summed E-state index contributed by atoms with van der Waals surface area (Å²) in [6, 6.07) is 4.91. The molecule has 0 amide bonds. The molecule has 0 fully saturated rings. The predicted octanol–water partition coefficient (Wildman–Crippen LogP) is 3.31. The Morgan fingerprint density at radius 3 is 2.64 bits per heavy atom. The number of nitrogens with one attached hydrogen (secondary N) is 1. The van der Waals surface area contributed by atoms with E-state index in [9.17, 15) is 0 Å². The summed E-state index contributed by atoms with van der Waals surface area (Å²) in [6.07, 6.45) is 1.15. The molecule has 0 aromatic carbocycles. The molecule has 0 radical (unpaired) electrons. The van der Waals surface area contributed by atoms with E-state index in [1.165, 1.54) is 4.88 Å². The van der Waals surface area contributed by atoms with Crippen molar-refractivity contribution in [3.63, 3.8) is 0 Å². The molecule has 1 atom stereocenters. The second-order valence-electron chi connectivity index (χ2n) is 5.13. The van der Waals surface area contributed by atoms with Crippen molar-refractivity contribution >= 4 is 11.3 Å². The van der Waals surface area contributed by atoms with Gasteiger partial charge in [-0.05, 0) is 30.2 Å². The van der Waals surface area contributed by atoms with Gasteiger partial charge in [-0.25, -0.2) is 0 Å². The monoisotopic (exact) mass is 211 g/mol. The Labute approximate surface area is 91.5 Å². The van der Waals surface area contributed by atoms with E-state index in [-0.39, 0.29) is 0 Å². The molecular weight excluding hydrogens is 190 g/mol. The number of thiophene rings is 1. The summed E-state index contributed by atoms with van der Waals surface area (Å²) in [4.78, 5) is 1.47. The lowest BCUT2D eigenvalue weighted by Crippen LogP contribution is -2.35. The molecule has 1 nitrogen and oxygen atoms in total. The van der Waals surface area contributed by atoms with Crippen LogP contribution >= 0.6 is 11.3 Å². The Hall–Kier alpha value is -0.340. The van der Waals surface area contributed by atoms with Crippen LogP contribution in [0, 0.1) is 5.41 Å². The minimum Gasteiger partial charge on any atom is -0.313 e. The van der Waals surface area contributed by atoms with Crippen LogP contribution in [0.2, 0.25) is 0 Å². The van der Waals surface area contributed by atoms with Crippen molar-refractivity contribution in [1.82, 2.24) is 5.32 Å². The Morgan fingerprint density at radius 2 is 2.14 bits per heavy atom. The molecule has 0 aliphatic carbocycles. The highest BCUT2D eigenvalue weighted by Crippen LogP contribution is 2.13. The number of rotatable bonds is 4. The molecule has 0 spiro atoms. The molecule has 1 unspecified atom stereocenters. The van der Waals surface area contributed by atoms with Crippen LogP contribution < -0.4 is 5.32 Å². The maximum absolute atomic E-state index is 3.57. The van der Waals surface area contributed by atoms with Gasteiger partial charge in [0.15, 0.2) is 0 Å². The van der Waals surface area contributed by atoms with Gasteiger partial charge in [0.1, 0.15) is 0 Å². The molecule has 1 heterocycles. The zero-order valence-corrected chi connectivity index (χ0v) is 10.4. The maximum Gasteiger partial charge on any atom is 0.00872 e. The third kappa shape index (κ3) is 4.77. The zero-order chi connectivity index (χ0) is 10.6. The van der Waals surface area contributed by atoms with Crippen molar-refractivity contribution in [3.05, 3.63) is 22.4 Å². The normalized spacial score (nSPS) is 14.3. The average molecular weight is 211 g/mol. The predicted molar refractivity (Wildman–Crippen MR) is 64.9 cm³/mol. The van der Waals surface area contributed by atoms with Crippen LogP contribution in [0.15, 0.2) is 17.5 Å². The second-order valence-corrected chi connectivity index (χ2v) is 6.16. The fraction of sp³-hybridized carbons (Fsp3) is 0.667. The van der Waals surface area contributed by atoms with Crippen LogP contribution in [0.1, 0.15) is 32.6 Å². The third-order valence-electron chi connectivity index (χ3n) is 2.07. The summed E-state index contributed by atoms with van der Waals surface area (Å²) < 4.78 is 0. The molecule has 80 valence electrons. The second kappa shape index (κ2) is 4.94. The topological polar surface area (TPSA) is 12.0 Å². The molecule has 0 saturated heterocycles. The minimum absolute atomic E-state index is 0.379. The van der Waals surface area contributed by atoms with E-state index in [2.05, 4.69) is 50.5 Å². The molecule has 1 N–H and O–H groups in total. The molecule has 0 aliphatic rings.